The van der Waals surface area contributed by atoms with Gasteiger partial charge < -0.3 is 14.4 Å². The zero-order valence-electron chi connectivity index (χ0n) is 17.2. The Morgan fingerprint density at radius 3 is 2.89 bits per heavy atom. The van der Waals surface area contributed by atoms with E-state index in [0.717, 1.165) is 49.4 Å². The standard InChI is InChI=1S/C21H32N4O2/c1-14(2)19-22-10-12-25(19)11-6-9-23-20(26)18-16-13-15(21(3,4)5)7-8-17(16)27-24-18/h10,12,14-15H,6-9,11,13H2,1-5H3,(H,23,26)/t15-/m0/s1. The molecule has 0 spiro atoms. The smallest absolute Gasteiger partial charge is 0.273 e. The summed E-state index contributed by atoms with van der Waals surface area (Å²) in [4.78, 5) is 17.0. The first-order chi connectivity index (χ1) is 12.8. The molecule has 0 fully saturated rings. The number of nitrogens with one attached hydrogen (secondary N) is 1. The van der Waals surface area contributed by atoms with Crippen LogP contribution >= 0.6 is 0 Å². The molecule has 0 aromatic carbocycles. The highest BCUT2D eigenvalue weighted by atomic mass is 16.5. The van der Waals surface area contributed by atoms with Crippen LogP contribution in [0.4, 0.5) is 0 Å². The van der Waals surface area contributed by atoms with Crippen LogP contribution in [0.2, 0.25) is 0 Å². The van der Waals surface area contributed by atoms with E-state index < -0.39 is 0 Å². The third-order valence-corrected chi connectivity index (χ3v) is 5.61. The van der Waals surface area contributed by atoms with Gasteiger partial charge in [0.05, 0.1) is 0 Å². The second-order valence-corrected chi connectivity index (χ2v) is 8.98. The molecule has 3 rings (SSSR count). The molecule has 0 bridgehead atoms. The van der Waals surface area contributed by atoms with Gasteiger partial charge in [0.2, 0.25) is 0 Å². The van der Waals surface area contributed by atoms with Gasteiger partial charge in [-0.1, -0.05) is 39.8 Å². The van der Waals surface area contributed by atoms with Gasteiger partial charge in [0.1, 0.15) is 11.6 Å². The number of aryl methyl sites for hydroxylation is 2. The van der Waals surface area contributed by atoms with Crippen LogP contribution in [-0.2, 0) is 19.4 Å². The summed E-state index contributed by atoms with van der Waals surface area (Å²) in [6, 6.07) is 0. The van der Waals surface area contributed by atoms with Gasteiger partial charge in [-0.15, -0.1) is 0 Å². The summed E-state index contributed by atoms with van der Waals surface area (Å²) in [5.41, 5.74) is 1.71. The van der Waals surface area contributed by atoms with E-state index in [9.17, 15) is 4.79 Å². The van der Waals surface area contributed by atoms with Crippen LogP contribution in [0, 0.1) is 11.3 Å². The topological polar surface area (TPSA) is 73.0 Å². The summed E-state index contributed by atoms with van der Waals surface area (Å²) < 4.78 is 7.61. The minimum Gasteiger partial charge on any atom is -0.360 e. The maximum Gasteiger partial charge on any atom is 0.273 e. The van der Waals surface area contributed by atoms with E-state index in [0.29, 0.717) is 24.1 Å². The highest BCUT2D eigenvalue weighted by Crippen LogP contribution is 2.38. The van der Waals surface area contributed by atoms with Crippen molar-refractivity contribution in [1.29, 1.82) is 0 Å². The van der Waals surface area contributed by atoms with E-state index in [1.165, 1.54) is 0 Å². The minimum atomic E-state index is -0.121. The molecule has 1 N–H and O–H groups in total. The van der Waals surface area contributed by atoms with Crippen LogP contribution < -0.4 is 5.32 Å². The van der Waals surface area contributed by atoms with E-state index in [1.54, 1.807) is 0 Å². The Morgan fingerprint density at radius 2 is 2.19 bits per heavy atom. The van der Waals surface area contributed by atoms with Crippen molar-refractivity contribution in [3.05, 3.63) is 35.2 Å². The first-order valence-electron chi connectivity index (χ1n) is 10.0. The van der Waals surface area contributed by atoms with Gasteiger partial charge >= 0.3 is 0 Å². The van der Waals surface area contributed by atoms with Crippen molar-refractivity contribution in [3.63, 3.8) is 0 Å². The van der Waals surface area contributed by atoms with Crippen molar-refractivity contribution in [2.24, 2.45) is 11.3 Å². The Bertz CT molecular complexity index is 782. The van der Waals surface area contributed by atoms with Crippen LogP contribution in [0.15, 0.2) is 16.9 Å². The number of aromatic nitrogens is 3. The Morgan fingerprint density at radius 1 is 1.41 bits per heavy atom. The largest absolute Gasteiger partial charge is 0.360 e. The predicted molar refractivity (Wildman–Crippen MR) is 105 cm³/mol. The number of fused-ring (bicyclic) bond motifs is 1. The van der Waals surface area contributed by atoms with Crippen molar-refractivity contribution < 1.29 is 9.32 Å². The average Bonchev–Trinajstić information content (AvgIpc) is 3.23. The first kappa shape index (κ1) is 19.6. The fourth-order valence-electron chi connectivity index (χ4n) is 3.87. The van der Waals surface area contributed by atoms with Gasteiger partial charge in [0, 0.05) is 43.4 Å². The Hall–Kier alpha value is -2.11. The van der Waals surface area contributed by atoms with Crippen LogP contribution in [0.5, 0.6) is 0 Å². The van der Waals surface area contributed by atoms with E-state index in [1.807, 2.05) is 12.4 Å². The second kappa shape index (κ2) is 7.87. The van der Waals surface area contributed by atoms with Gasteiger partial charge in [-0.3, -0.25) is 4.79 Å². The Kier molecular flexibility index (Phi) is 5.72. The highest BCUT2D eigenvalue weighted by Gasteiger charge is 2.34. The molecule has 0 radical (unpaired) electrons. The number of hydrogen-bond donors (Lipinski definition) is 1. The monoisotopic (exact) mass is 372 g/mol. The number of carbonyl (C=O) groups excluding carboxylic acids is 1. The molecule has 6 nitrogen and oxygen atoms in total. The van der Waals surface area contributed by atoms with Gasteiger partial charge in [-0.2, -0.15) is 0 Å². The molecule has 0 saturated carbocycles. The molecule has 148 valence electrons. The number of carbonyl (C=O) groups is 1. The lowest BCUT2D eigenvalue weighted by Crippen LogP contribution is -2.30. The average molecular weight is 373 g/mol. The van der Waals surface area contributed by atoms with Gasteiger partial charge in [-0.25, -0.2) is 4.98 Å². The molecule has 1 amide bonds. The van der Waals surface area contributed by atoms with Crippen LogP contribution in [0.3, 0.4) is 0 Å². The quantitative estimate of drug-likeness (QED) is 0.779. The van der Waals surface area contributed by atoms with E-state index in [2.05, 4.69) is 54.6 Å². The summed E-state index contributed by atoms with van der Waals surface area (Å²) in [5.74, 6) is 2.80. The van der Waals surface area contributed by atoms with E-state index in [-0.39, 0.29) is 11.3 Å². The van der Waals surface area contributed by atoms with Crippen LogP contribution in [-0.4, -0.2) is 27.2 Å². The third kappa shape index (κ3) is 4.42. The van der Waals surface area contributed by atoms with Gasteiger partial charge in [0.15, 0.2) is 5.69 Å². The second-order valence-electron chi connectivity index (χ2n) is 8.98. The predicted octanol–water partition coefficient (Wildman–Crippen LogP) is 3.97. The number of nitrogens with zero attached hydrogens (tertiary/aromatic N) is 3. The molecule has 0 saturated heterocycles. The summed E-state index contributed by atoms with van der Waals surface area (Å²) >= 11 is 0. The van der Waals surface area contributed by atoms with Crippen molar-refractivity contribution >= 4 is 5.91 Å². The Balaban J connectivity index is 1.55. The molecule has 1 aliphatic carbocycles. The fourth-order valence-corrected chi connectivity index (χ4v) is 3.87. The molecule has 6 heteroatoms. The SMILES string of the molecule is CC(C)c1nccn1CCCNC(=O)c1noc2c1C[C@@H](C(C)(C)C)CC2. The number of hydrogen-bond acceptors (Lipinski definition) is 4. The fraction of sp³-hybridized carbons (Fsp3) is 0.667. The summed E-state index contributed by atoms with van der Waals surface area (Å²) in [6.07, 6.45) is 7.52. The first-order valence-corrected chi connectivity index (χ1v) is 10.0. The summed E-state index contributed by atoms with van der Waals surface area (Å²) in [6.45, 7) is 12.5. The van der Waals surface area contributed by atoms with Gasteiger partial charge in [0.25, 0.3) is 5.91 Å². The van der Waals surface area contributed by atoms with E-state index >= 15 is 0 Å². The maximum absolute atomic E-state index is 12.6. The molecular weight excluding hydrogens is 340 g/mol. The zero-order chi connectivity index (χ0) is 19.6. The van der Waals surface area contributed by atoms with Crippen LogP contribution in [0.1, 0.15) is 81.0 Å². The third-order valence-electron chi connectivity index (χ3n) is 5.61. The normalized spacial score (nSPS) is 17.2. The molecule has 2 aromatic rings. The molecule has 0 aliphatic heterocycles. The molecule has 0 unspecified atom stereocenters. The molecule has 1 aliphatic rings. The molecule has 2 aromatic heterocycles. The maximum atomic E-state index is 12.6. The minimum absolute atomic E-state index is 0.121. The van der Waals surface area contributed by atoms with E-state index in [4.69, 9.17) is 4.52 Å². The Labute approximate surface area is 161 Å². The number of amides is 1. The summed E-state index contributed by atoms with van der Waals surface area (Å²) in [5, 5.41) is 7.08. The molecule has 2 heterocycles. The lowest BCUT2D eigenvalue weighted by atomic mass is 9.71. The van der Waals surface area contributed by atoms with Gasteiger partial charge in [-0.05, 0) is 30.6 Å². The number of imidazole rings is 1. The highest BCUT2D eigenvalue weighted by molar-refractivity contribution is 5.93. The molecular formula is C21H32N4O2. The lowest BCUT2D eigenvalue weighted by Gasteiger charge is -2.33. The lowest BCUT2D eigenvalue weighted by molar-refractivity contribution is 0.0942. The molecule has 27 heavy (non-hydrogen) atoms. The summed E-state index contributed by atoms with van der Waals surface area (Å²) in [7, 11) is 0. The van der Waals surface area contributed by atoms with Crippen molar-refractivity contribution in [2.45, 2.75) is 72.8 Å². The number of rotatable bonds is 6. The van der Waals surface area contributed by atoms with Crippen molar-refractivity contribution in [2.75, 3.05) is 6.54 Å². The zero-order valence-corrected chi connectivity index (χ0v) is 17.2. The van der Waals surface area contributed by atoms with Crippen molar-refractivity contribution in [3.8, 4) is 0 Å². The molecule has 1 atom stereocenters. The van der Waals surface area contributed by atoms with Crippen molar-refractivity contribution in [1.82, 2.24) is 20.0 Å². The van der Waals surface area contributed by atoms with Crippen LogP contribution in [0.25, 0.3) is 0 Å².